The van der Waals surface area contributed by atoms with Crippen LogP contribution in [-0.2, 0) is 0 Å². The van der Waals surface area contributed by atoms with Gasteiger partial charge in [-0.15, -0.1) is 11.3 Å². The van der Waals surface area contributed by atoms with E-state index in [0.29, 0.717) is 0 Å². The van der Waals surface area contributed by atoms with Gasteiger partial charge in [-0.1, -0.05) is 11.6 Å². The predicted molar refractivity (Wildman–Crippen MR) is 32.9 cm³/mol. The van der Waals surface area contributed by atoms with E-state index in [1.165, 1.54) is 11.3 Å². The number of rotatable bonds is 0. The maximum absolute atomic E-state index is 5.60. The minimum absolute atomic E-state index is 0.824. The van der Waals surface area contributed by atoms with Gasteiger partial charge in [0.1, 0.15) is 0 Å². The number of hydrogen-bond acceptors (Lipinski definition) is 1. The van der Waals surface area contributed by atoms with E-state index in [9.17, 15) is 0 Å². The van der Waals surface area contributed by atoms with E-state index in [4.69, 9.17) is 11.6 Å². The summed E-state index contributed by atoms with van der Waals surface area (Å²) in [7, 11) is 0. The first kappa shape index (κ1) is 5.13. The average Bonchev–Trinajstić information content (AvgIpc) is 1.91. The van der Waals surface area contributed by atoms with Crippen LogP contribution in [-0.4, -0.2) is 0 Å². The van der Waals surface area contributed by atoms with Gasteiger partial charge in [-0.05, 0) is 12.5 Å². The van der Waals surface area contributed by atoms with Crippen molar-refractivity contribution in [2.45, 2.75) is 6.92 Å². The molecule has 0 N–H and O–H groups in total. The first-order valence-corrected chi connectivity index (χ1v) is 3.18. The predicted octanol–water partition coefficient (Wildman–Crippen LogP) is 2.51. The third-order valence-electron chi connectivity index (χ3n) is 0.733. The van der Waals surface area contributed by atoms with Gasteiger partial charge in [0.15, 0.2) is 0 Å². The van der Waals surface area contributed by atoms with E-state index in [-0.39, 0.29) is 0 Å². The van der Waals surface area contributed by atoms with E-state index in [1.807, 2.05) is 12.3 Å². The van der Waals surface area contributed by atoms with E-state index in [0.717, 1.165) is 10.6 Å². The van der Waals surface area contributed by atoms with Gasteiger partial charge in [0.2, 0.25) is 0 Å². The largest absolute Gasteiger partial charge is 0.141 e. The Hall–Kier alpha value is -0.0100. The van der Waals surface area contributed by atoms with E-state index in [1.54, 1.807) is 0 Å². The van der Waals surface area contributed by atoms with Gasteiger partial charge in [0.25, 0.3) is 0 Å². The second kappa shape index (κ2) is 1.85. The molecule has 0 aromatic carbocycles. The molecule has 2 heteroatoms. The first-order valence-electron chi connectivity index (χ1n) is 1.92. The van der Waals surface area contributed by atoms with Crippen LogP contribution in [0.3, 0.4) is 0 Å². The molecule has 1 radical (unpaired) electrons. The van der Waals surface area contributed by atoms with E-state index < -0.39 is 0 Å². The van der Waals surface area contributed by atoms with Gasteiger partial charge in [-0.3, -0.25) is 0 Å². The summed E-state index contributed by atoms with van der Waals surface area (Å²) in [6.07, 6.45) is 0. The molecule has 0 spiro atoms. The molecule has 0 aliphatic heterocycles. The Labute approximate surface area is 51.7 Å². The zero-order chi connectivity index (χ0) is 5.28. The Kier molecular flexibility index (Phi) is 1.35. The molecule has 0 bridgehead atoms. The van der Waals surface area contributed by atoms with Crippen LogP contribution in [0.5, 0.6) is 0 Å². The molecule has 1 aromatic heterocycles. The molecule has 0 aliphatic carbocycles. The molecule has 0 fully saturated rings. The molecule has 0 unspecified atom stereocenters. The summed E-state index contributed by atoms with van der Waals surface area (Å²) in [5.41, 5.74) is 1.05. The minimum Gasteiger partial charge on any atom is -0.141 e. The molecule has 1 aromatic rings. The maximum Gasteiger partial charge on any atom is 0.0548 e. The molecule has 37 valence electrons. The summed E-state index contributed by atoms with van der Waals surface area (Å²) in [5, 5.41) is 5.67. The summed E-state index contributed by atoms with van der Waals surface area (Å²) < 4.78 is 0. The third kappa shape index (κ3) is 0.956. The zero-order valence-corrected chi connectivity index (χ0v) is 5.44. The van der Waals surface area contributed by atoms with Gasteiger partial charge in [-0.25, -0.2) is 0 Å². The highest BCUT2D eigenvalue weighted by molar-refractivity contribution is 7.08. The topological polar surface area (TPSA) is 0 Å². The van der Waals surface area contributed by atoms with Gasteiger partial charge < -0.3 is 0 Å². The van der Waals surface area contributed by atoms with Crippen LogP contribution in [0.1, 0.15) is 5.56 Å². The lowest BCUT2D eigenvalue weighted by Crippen LogP contribution is -1.56. The quantitative estimate of drug-likeness (QED) is 0.508. The molecule has 1 rings (SSSR count). The number of aryl methyl sites for hydroxylation is 1. The molecule has 0 atom stereocenters. The van der Waals surface area contributed by atoms with E-state index >= 15 is 0 Å². The molecular formula is C5H4ClS. The van der Waals surface area contributed by atoms with Crippen molar-refractivity contribution in [3.63, 3.8) is 0 Å². The minimum atomic E-state index is 0.824. The average molecular weight is 132 g/mol. The number of hydrogen-bond donors (Lipinski definition) is 0. The first-order chi connectivity index (χ1) is 3.30. The summed E-state index contributed by atoms with van der Waals surface area (Å²) >= 11 is 7.11. The van der Waals surface area contributed by atoms with Crippen LogP contribution in [0.2, 0.25) is 5.02 Å². The van der Waals surface area contributed by atoms with Crippen LogP contribution >= 0.6 is 22.9 Å². The molecule has 0 saturated carbocycles. The zero-order valence-electron chi connectivity index (χ0n) is 3.86. The van der Waals surface area contributed by atoms with Crippen molar-refractivity contribution in [3.8, 4) is 0 Å². The van der Waals surface area contributed by atoms with Crippen molar-refractivity contribution in [1.82, 2.24) is 0 Å². The second-order valence-corrected chi connectivity index (χ2v) is 2.39. The lowest BCUT2D eigenvalue weighted by atomic mass is 10.4. The number of halogens is 1. The maximum atomic E-state index is 5.60. The van der Waals surface area contributed by atoms with Crippen molar-refractivity contribution in [1.29, 1.82) is 0 Å². The lowest BCUT2D eigenvalue weighted by Gasteiger charge is -1.76. The Morgan fingerprint density at radius 3 is 2.71 bits per heavy atom. The molecule has 0 nitrogen and oxygen atoms in total. The highest BCUT2D eigenvalue weighted by Gasteiger charge is 1.90. The Bertz CT molecular complexity index is 140. The Balaban J connectivity index is 3.12. The molecule has 7 heavy (non-hydrogen) atoms. The van der Waals surface area contributed by atoms with Gasteiger partial charge >= 0.3 is 0 Å². The van der Waals surface area contributed by atoms with Crippen LogP contribution in [0.25, 0.3) is 0 Å². The van der Waals surface area contributed by atoms with Crippen molar-refractivity contribution < 1.29 is 0 Å². The Morgan fingerprint density at radius 2 is 2.57 bits per heavy atom. The highest BCUT2D eigenvalue weighted by atomic mass is 35.5. The molecule has 0 saturated heterocycles. The van der Waals surface area contributed by atoms with Crippen molar-refractivity contribution in [2.75, 3.05) is 0 Å². The summed E-state index contributed by atoms with van der Waals surface area (Å²) in [4.78, 5) is 0. The van der Waals surface area contributed by atoms with Crippen molar-refractivity contribution in [3.05, 3.63) is 21.3 Å². The summed E-state index contributed by atoms with van der Waals surface area (Å²) in [6, 6.07) is 0. The van der Waals surface area contributed by atoms with Crippen LogP contribution < -0.4 is 0 Å². The second-order valence-electron chi connectivity index (χ2n) is 1.31. The van der Waals surface area contributed by atoms with Gasteiger partial charge in [-0.2, -0.15) is 0 Å². The standard InChI is InChI=1S/C5H4ClS/c1-4-2-7-3-5(4)6/h3H,1H3. The van der Waals surface area contributed by atoms with Gasteiger partial charge in [0, 0.05) is 10.8 Å². The molecule has 0 amide bonds. The SMILES string of the molecule is Cc1[c]scc1Cl. The fourth-order valence-corrected chi connectivity index (χ4v) is 1.17. The van der Waals surface area contributed by atoms with Crippen LogP contribution in [0.4, 0.5) is 0 Å². The Morgan fingerprint density at radius 1 is 1.86 bits per heavy atom. The lowest BCUT2D eigenvalue weighted by molar-refractivity contribution is 1.55. The third-order valence-corrected chi connectivity index (χ3v) is 2.03. The fourth-order valence-electron chi connectivity index (χ4n) is 0.307. The van der Waals surface area contributed by atoms with Crippen LogP contribution in [0.15, 0.2) is 5.38 Å². The summed E-state index contributed by atoms with van der Waals surface area (Å²) in [5.74, 6) is 0. The normalized spacial score (nSPS) is 9.43. The highest BCUT2D eigenvalue weighted by Crippen LogP contribution is 2.17. The van der Waals surface area contributed by atoms with Crippen molar-refractivity contribution in [2.24, 2.45) is 0 Å². The molecule has 1 heterocycles. The van der Waals surface area contributed by atoms with E-state index in [2.05, 4.69) is 5.38 Å². The summed E-state index contributed by atoms with van der Waals surface area (Å²) in [6.45, 7) is 1.94. The van der Waals surface area contributed by atoms with Gasteiger partial charge in [0.05, 0.1) is 5.02 Å². The van der Waals surface area contributed by atoms with Crippen molar-refractivity contribution >= 4 is 22.9 Å². The fraction of sp³-hybridized carbons (Fsp3) is 0.200. The molecule has 0 aliphatic rings. The smallest absolute Gasteiger partial charge is 0.0548 e. The molecular weight excluding hydrogens is 128 g/mol. The monoisotopic (exact) mass is 131 g/mol. The number of thiophene rings is 1. The van der Waals surface area contributed by atoms with Crippen LogP contribution in [0, 0.1) is 12.3 Å².